The quantitative estimate of drug-likeness (QED) is 0.573. The fourth-order valence-electron chi connectivity index (χ4n) is 2.12. The lowest BCUT2D eigenvalue weighted by Gasteiger charge is -2.02. The summed E-state index contributed by atoms with van der Waals surface area (Å²) >= 11 is 2.25. The first-order valence-corrected chi connectivity index (χ1v) is 7.59. The van der Waals surface area contributed by atoms with Crippen LogP contribution in [0.1, 0.15) is 39.0 Å². The first-order chi connectivity index (χ1) is 8.72. The highest BCUT2D eigenvalue weighted by molar-refractivity contribution is 14.1. The summed E-state index contributed by atoms with van der Waals surface area (Å²) in [6, 6.07) is 5.83. The van der Waals surface area contributed by atoms with Crippen molar-refractivity contribution in [2.75, 3.05) is 0 Å². The SMILES string of the molecule is CCCCCCCn1c(=O)oc2ccc(I)cc21. The van der Waals surface area contributed by atoms with Crippen LogP contribution >= 0.6 is 22.6 Å². The smallest absolute Gasteiger partial charge is 0.408 e. The van der Waals surface area contributed by atoms with Gasteiger partial charge in [0.1, 0.15) is 0 Å². The van der Waals surface area contributed by atoms with E-state index in [0.29, 0.717) is 5.58 Å². The van der Waals surface area contributed by atoms with Crippen LogP contribution in [0.25, 0.3) is 11.1 Å². The fraction of sp³-hybridized carbons (Fsp3) is 0.500. The highest BCUT2D eigenvalue weighted by atomic mass is 127. The lowest BCUT2D eigenvalue weighted by molar-refractivity contribution is 0.487. The number of aromatic nitrogens is 1. The third kappa shape index (κ3) is 3.16. The molecule has 1 heterocycles. The molecular formula is C14H18INO2. The Morgan fingerprint density at radius 1 is 1.22 bits per heavy atom. The van der Waals surface area contributed by atoms with Crippen LogP contribution in [0.2, 0.25) is 0 Å². The van der Waals surface area contributed by atoms with Gasteiger partial charge in [-0.15, -0.1) is 0 Å². The van der Waals surface area contributed by atoms with E-state index in [2.05, 4.69) is 29.5 Å². The molecule has 0 amide bonds. The van der Waals surface area contributed by atoms with Crippen molar-refractivity contribution in [2.24, 2.45) is 0 Å². The molecule has 4 heteroatoms. The Bertz CT molecular complexity index is 571. The number of unbranched alkanes of at least 4 members (excludes halogenated alkanes) is 4. The molecule has 1 aromatic heterocycles. The molecule has 0 saturated heterocycles. The highest BCUT2D eigenvalue weighted by Crippen LogP contribution is 2.17. The second kappa shape index (κ2) is 6.41. The number of nitrogens with zero attached hydrogens (tertiary/aromatic N) is 1. The topological polar surface area (TPSA) is 35.1 Å². The molecule has 98 valence electrons. The van der Waals surface area contributed by atoms with Gasteiger partial charge in [-0.2, -0.15) is 0 Å². The van der Waals surface area contributed by atoms with Crippen LogP contribution < -0.4 is 5.76 Å². The normalized spacial score (nSPS) is 11.2. The molecule has 0 fully saturated rings. The maximum Gasteiger partial charge on any atom is 0.419 e. The van der Waals surface area contributed by atoms with E-state index in [9.17, 15) is 4.79 Å². The zero-order chi connectivity index (χ0) is 13.0. The van der Waals surface area contributed by atoms with E-state index in [1.54, 1.807) is 4.57 Å². The van der Waals surface area contributed by atoms with Gasteiger partial charge in [-0.1, -0.05) is 32.6 Å². The van der Waals surface area contributed by atoms with Crippen LogP contribution in [0.3, 0.4) is 0 Å². The van der Waals surface area contributed by atoms with Gasteiger partial charge in [-0.25, -0.2) is 4.79 Å². The minimum atomic E-state index is -0.234. The van der Waals surface area contributed by atoms with Gasteiger partial charge in [0.15, 0.2) is 5.58 Å². The van der Waals surface area contributed by atoms with Gasteiger partial charge in [0.05, 0.1) is 5.52 Å². The number of hydrogen-bond acceptors (Lipinski definition) is 2. The van der Waals surface area contributed by atoms with Crippen molar-refractivity contribution in [3.05, 3.63) is 32.3 Å². The zero-order valence-corrected chi connectivity index (χ0v) is 12.8. The monoisotopic (exact) mass is 359 g/mol. The van der Waals surface area contributed by atoms with Gasteiger partial charge < -0.3 is 4.42 Å². The number of hydrogen-bond donors (Lipinski definition) is 0. The number of aryl methyl sites for hydroxylation is 1. The first kappa shape index (κ1) is 13.6. The molecule has 0 spiro atoms. The van der Waals surface area contributed by atoms with Crippen molar-refractivity contribution in [3.8, 4) is 0 Å². The lowest BCUT2D eigenvalue weighted by atomic mass is 10.1. The van der Waals surface area contributed by atoms with Crippen LogP contribution in [0.5, 0.6) is 0 Å². The second-order valence-electron chi connectivity index (χ2n) is 4.55. The van der Waals surface area contributed by atoms with E-state index in [0.717, 1.165) is 22.1 Å². The van der Waals surface area contributed by atoms with Crippen LogP contribution in [0.15, 0.2) is 27.4 Å². The largest absolute Gasteiger partial charge is 0.419 e. The first-order valence-electron chi connectivity index (χ1n) is 6.51. The molecule has 0 radical (unpaired) electrons. The number of benzene rings is 1. The van der Waals surface area contributed by atoms with Gasteiger partial charge in [0.25, 0.3) is 0 Å². The molecule has 1 aromatic carbocycles. The average Bonchev–Trinajstić information content (AvgIpc) is 2.65. The van der Waals surface area contributed by atoms with Crippen molar-refractivity contribution < 1.29 is 4.42 Å². The van der Waals surface area contributed by atoms with Crippen molar-refractivity contribution in [3.63, 3.8) is 0 Å². The van der Waals surface area contributed by atoms with E-state index >= 15 is 0 Å². The summed E-state index contributed by atoms with van der Waals surface area (Å²) in [6.45, 7) is 2.96. The summed E-state index contributed by atoms with van der Waals surface area (Å²) in [5.41, 5.74) is 1.61. The predicted molar refractivity (Wildman–Crippen MR) is 82.0 cm³/mol. The van der Waals surface area contributed by atoms with Crippen LogP contribution in [-0.4, -0.2) is 4.57 Å². The van der Waals surface area contributed by atoms with E-state index in [4.69, 9.17) is 4.42 Å². The number of oxazole rings is 1. The minimum absolute atomic E-state index is 0.234. The Kier molecular flexibility index (Phi) is 4.86. The summed E-state index contributed by atoms with van der Waals surface area (Å²) in [4.78, 5) is 11.8. The Hall–Kier alpha value is -0.780. The van der Waals surface area contributed by atoms with Crippen molar-refractivity contribution in [1.29, 1.82) is 0 Å². The molecular weight excluding hydrogens is 341 g/mol. The molecule has 0 aliphatic heterocycles. The number of halogens is 1. The van der Waals surface area contributed by atoms with E-state index in [1.807, 2.05) is 18.2 Å². The van der Waals surface area contributed by atoms with Crippen molar-refractivity contribution >= 4 is 33.7 Å². The number of rotatable bonds is 6. The summed E-state index contributed by atoms with van der Waals surface area (Å²) < 4.78 is 8.12. The summed E-state index contributed by atoms with van der Waals surface area (Å²) in [5.74, 6) is -0.234. The third-order valence-electron chi connectivity index (χ3n) is 3.11. The van der Waals surface area contributed by atoms with Crippen LogP contribution in [0, 0.1) is 3.57 Å². The predicted octanol–water partition coefficient (Wildman–Crippen LogP) is 4.17. The van der Waals surface area contributed by atoms with Crippen molar-refractivity contribution in [2.45, 2.75) is 45.6 Å². The standard InChI is InChI=1S/C14H18INO2/c1-2-3-4-5-6-9-16-12-10-11(15)7-8-13(12)18-14(16)17/h7-8,10H,2-6,9H2,1H3. The second-order valence-corrected chi connectivity index (χ2v) is 5.79. The summed E-state index contributed by atoms with van der Waals surface area (Å²) in [5, 5.41) is 0. The van der Waals surface area contributed by atoms with Gasteiger partial charge in [-0.05, 0) is 47.2 Å². The molecule has 0 unspecified atom stereocenters. The maximum atomic E-state index is 11.8. The van der Waals surface area contributed by atoms with Gasteiger partial charge in [-0.3, -0.25) is 4.57 Å². The molecule has 2 rings (SSSR count). The molecule has 18 heavy (non-hydrogen) atoms. The molecule has 0 saturated carbocycles. The Morgan fingerprint density at radius 2 is 2.00 bits per heavy atom. The minimum Gasteiger partial charge on any atom is -0.408 e. The molecule has 0 aliphatic rings. The third-order valence-corrected chi connectivity index (χ3v) is 3.79. The highest BCUT2D eigenvalue weighted by Gasteiger charge is 2.08. The van der Waals surface area contributed by atoms with Crippen LogP contribution in [-0.2, 0) is 6.54 Å². The molecule has 0 atom stereocenters. The van der Waals surface area contributed by atoms with Crippen molar-refractivity contribution in [1.82, 2.24) is 4.57 Å². The molecule has 0 aliphatic carbocycles. The summed E-state index contributed by atoms with van der Waals surface area (Å²) in [6.07, 6.45) is 5.99. The fourth-order valence-corrected chi connectivity index (χ4v) is 2.60. The van der Waals surface area contributed by atoms with Crippen LogP contribution in [0.4, 0.5) is 0 Å². The van der Waals surface area contributed by atoms with Gasteiger partial charge in [0.2, 0.25) is 0 Å². The van der Waals surface area contributed by atoms with Gasteiger partial charge in [0, 0.05) is 10.1 Å². The molecule has 0 N–H and O–H groups in total. The molecule has 3 nitrogen and oxygen atoms in total. The van der Waals surface area contributed by atoms with E-state index in [-0.39, 0.29) is 5.76 Å². The van der Waals surface area contributed by atoms with E-state index in [1.165, 1.54) is 25.7 Å². The Balaban J connectivity index is 2.10. The lowest BCUT2D eigenvalue weighted by Crippen LogP contribution is -2.14. The average molecular weight is 359 g/mol. The number of fused-ring (bicyclic) bond motifs is 1. The molecule has 0 bridgehead atoms. The Morgan fingerprint density at radius 3 is 2.78 bits per heavy atom. The Labute approximate surface area is 120 Å². The van der Waals surface area contributed by atoms with Gasteiger partial charge >= 0.3 is 5.76 Å². The molecule has 2 aromatic rings. The zero-order valence-electron chi connectivity index (χ0n) is 10.6. The van der Waals surface area contributed by atoms with E-state index < -0.39 is 0 Å². The summed E-state index contributed by atoms with van der Waals surface area (Å²) in [7, 11) is 0. The maximum absolute atomic E-state index is 11.8.